The van der Waals surface area contributed by atoms with Crippen molar-refractivity contribution in [2.75, 3.05) is 26.4 Å². The molecule has 2 aliphatic rings. The predicted octanol–water partition coefficient (Wildman–Crippen LogP) is 6.82. The molecule has 0 saturated carbocycles. The fourth-order valence-electron chi connectivity index (χ4n) is 7.15. The van der Waals surface area contributed by atoms with E-state index in [1.807, 2.05) is 0 Å². The summed E-state index contributed by atoms with van der Waals surface area (Å²) >= 11 is 0. The number of carbonyl (C=O) groups is 2. The van der Waals surface area contributed by atoms with Gasteiger partial charge >= 0.3 is 11.9 Å². The topological polar surface area (TPSA) is 231 Å². The van der Waals surface area contributed by atoms with Gasteiger partial charge in [0.15, 0.2) is 18.7 Å². The normalized spacial score (nSPS) is 26.5. The Morgan fingerprint density at radius 3 is 1.44 bits per heavy atom. The molecule has 2 fully saturated rings. The van der Waals surface area contributed by atoms with Crippen LogP contribution in [0.5, 0.6) is 0 Å². The first-order chi connectivity index (χ1) is 33.0. The number of ether oxygens (including phenoxy) is 6. The molecule has 0 bridgehead atoms. The van der Waals surface area contributed by atoms with Gasteiger partial charge in [0.25, 0.3) is 0 Å². The third kappa shape index (κ3) is 27.2. The van der Waals surface area contributed by atoms with Crippen LogP contribution in [0.4, 0.5) is 0 Å². The fraction of sp³-hybridized carbons (Fsp3) is 0.698. The molecular weight excluding hydrogens is 877 g/mol. The van der Waals surface area contributed by atoms with Crippen LogP contribution < -0.4 is 0 Å². The van der Waals surface area contributed by atoms with E-state index in [-0.39, 0.29) is 19.4 Å². The van der Waals surface area contributed by atoms with Gasteiger partial charge in [0.05, 0.1) is 19.8 Å². The number of hydrogen-bond donors (Lipinski definition) is 7. The van der Waals surface area contributed by atoms with Crippen molar-refractivity contribution >= 4 is 11.9 Å². The maximum absolute atomic E-state index is 13.0. The van der Waals surface area contributed by atoms with E-state index >= 15 is 0 Å². The van der Waals surface area contributed by atoms with Crippen molar-refractivity contribution in [2.45, 2.75) is 210 Å². The number of esters is 2. The Morgan fingerprint density at radius 2 is 0.912 bits per heavy atom. The molecule has 68 heavy (non-hydrogen) atoms. The van der Waals surface area contributed by atoms with Crippen LogP contribution in [0.25, 0.3) is 0 Å². The summed E-state index contributed by atoms with van der Waals surface area (Å²) in [6, 6.07) is 0. The number of carbonyl (C=O) groups excluding carboxylic acids is 2. The highest BCUT2D eigenvalue weighted by atomic mass is 16.7. The van der Waals surface area contributed by atoms with Crippen molar-refractivity contribution in [1.82, 2.24) is 0 Å². The molecule has 2 saturated heterocycles. The van der Waals surface area contributed by atoms with Crippen LogP contribution in [-0.2, 0) is 38.0 Å². The molecule has 11 atom stereocenters. The van der Waals surface area contributed by atoms with Gasteiger partial charge in [0.2, 0.25) is 0 Å². The van der Waals surface area contributed by atoms with Crippen LogP contribution in [0.1, 0.15) is 142 Å². The summed E-state index contributed by atoms with van der Waals surface area (Å²) < 4.78 is 33.5. The van der Waals surface area contributed by atoms with E-state index in [9.17, 15) is 45.3 Å². The minimum Gasteiger partial charge on any atom is -0.462 e. The molecular formula is C53H86O15. The largest absolute Gasteiger partial charge is 0.462 e. The summed E-state index contributed by atoms with van der Waals surface area (Å²) in [6.45, 7) is 2.39. The first kappa shape index (κ1) is 60.8. The van der Waals surface area contributed by atoms with Crippen molar-refractivity contribution in [3.05, 3.63) is 85.1 Å². The Hall–Kier alpha value is -3.32. The average molecular weight is 963 g/mol. The molecule has 0 spiro atoms. The zero-order valence-corrected chi connectivity index (χ0v) is 40.8. The summed E-state index contributed by atoms with van der Waals surface area (Å²) in [4.78, 5) is 25.7. The van der Waals surface area contributed by atoms with Gasteiger partial charge in [-0.25, -0.2) is 0 Å². The smallest absolute Gasteiger partial charge is 0.306 e. The summed E-state index contributed by atoms with van der Waals surface area (Å²) in [5.41, 5.74) is 0. The van der Waals surface area contributed by atoms with Crippen LogP contribution >= 0.6 is 0 Å². The average Bonchev–Trinajstić information content (AvgIpc) is 3.33. The summed E-state index contributed by atoms with van der Waals surface area (Å²) in [6.07, 6.45) is 30.4. The maximum Gasteiger partial charge on any atom is 0.306 e. The molecule has 15 nitrogen and oxygen atoms in total. The Bertz CT molecular complexity index is 1510. The number of aliphatic hydroxyl groups is 7. The highest BCUT2D eigenvalue weighted by Crippen LogP contribution is 2.26. The minimum atomic E-state index is -1.78. The molecule has 4 unspecified atom stereocenters. The lowest BCUT2D eigenvalue weighted by Gasteiger charge is -2.42. The van der Waals surface area contributed by atoms with Crippen LogP contribution in [0.3, 0.4) is 0 Å². The van der Waals surface area contributed by atoms with Gasteiger partial charge in [-0.1, -0.05) is 125 Å². The van der Waals surface area contributed by atoms with Crippen LogP contribution in [0.15, 0.2) is 85.1 Å². The van der Waals surface area contributed by atoms with Crippen LogP contribution in [0, 0.1) is 0 Å². The van der Waals surface area contributed by atoms with Gasteiger partial charge < -0.3 is 64.2 Å². The van der Waals surface area contributed by atoms with Gasteiger partial charge in [0.1, 0.15) is 55.4 Å². The van der Waals surface area contributed by atoms with Crippen molar-refractivity contribution < 1.29 is 73.8 Å². The number of aliphatic hydroxyl groups excluding tert-OH is 7. The zero-order chi connectivity index (χ0) is 49.6. The zero-order valence-electron chi connectivity index (χ0n) is 40.8. The monoisotopic (exact) mass is 963 g/mol. The number of allylic oxidation sites excluding steroid dienone is 14. The van der Waals surface area contributed by atoms with Crippen molar-refractivity contribution in [2.24, 2.45) is 0 Å². The Morgan fingerprint density at radius 1 is 0.471 bits per heavy atom. The third-order valence-corrected chi connectivity index (χ3v) is 11.3. The molecule has 2 rings (SSSR count). The Balaban J connectivity index is 1.86. The van der Waals surface area contributed by atoms with Crippen LogP contribution in [0.2, 0.25) is 0 Å². The standard InChI is InChI=1S/C53H86O15/c1-3-5-7-9-11-13-15-17-19-20-22-23-25-27-29-31-33-35-44(55)63-38-41(66-45(56)36-34-32-30-28-26-24-21-18-16-14-12-10-8-6-4-2)39-64-52-51(62)49(60)47(58)43(68-52)40-65-53-50(61)48(59)46(57)42(37-54)67-53/h7,9,12-15,18-21,23,25-26,28,41-43,46-54,57-62H,3-6,8,10-11,16-17,22,24,27,29-40H2,1-2H3/b9-7+,14-12+,15-13+,20-19+,21-18+,25-23+,28-26+/t41-,42+,43+,46-,47-,48?,49?,50?,51?,52+,53+/m0/s1. The fourth-order valence-corrected chi connectivity index (χ4v) is 7.15. The highest BCUT2D eigenvalue weighted by molar-refractivity contribution is 5.70. The molecule has 2 heterocycles. The lowest BCUT2D eigenvalue weighted by atomic mass is 9.98. The SMILES string of the molecule is CCC/C=C/C/C=C/C/C=C/C/C=C/CCCCCC(=O)OC[C@@H](CO[C@@H]1O[C@H](CO[C@@H]2O[C@H](CO)[C@H](O)C(O)C2O)[C@H](O)C(O)C1O)OC(=O)CCCC/C=C/C/C=C/C/C=C/CCCCC. The second-order valence-electron chi connectivity index (χ2n) is 17.3. The molecule has 7 N–H and O–H groups in total. The summed E-state index contributed by atoms with van der Waals surface area (Å²) in [5.74, 6) is -1.02. The lowest BCUT2D eigenvalue weighted by Crippen LogP contribution is -2.61. The van der Waals surface area contributed by atoms with Gasteiger partial charge in [-0.05, 0) is 89.9 Å². The highest BCUT2D eigenvalue weighted by Gasteiger charge is 2.47. The summed E-state index contributed by atoms with van der Waals surface area (Å²) in [7, 11) is 0. The predicted molar refractivity (Wildman–Crippen MR) is 261 cm³/mol. The molecule has 0 aromatic heterocycles. The van der Waals surface area contributed by atoms with E-state index in [2.05, 4.69) is 98.9 Å². The lowest BCUT2D eigenvalue weighted by molar-refractivity contribution is -0.332. The minimum absolute atomic E-state index is 0.104. The van der Waals surface area contributed by atoms with Gasteiger partial charge in [-0.15, -0.1) is 0 Å². The van der Waals surface area contributed by atoms with Crippen molar-refractivity contribution in [1.29, 1.82) is 0 Å². The van der Waals surface area contributed by atoms with E-state index in [0.717, 1.165) is 77.0 Å². The molecule has 0 aromatic carbocycles. The number of unbranched alkanes of at least 4 members (excludes halogenated alkanes) is 9. The van der Waals surface area contributed by atoms with E-state index in [1.54, 1.807) is 0 Å². The molecule has 2 aliphatic heterocycles. The van der Waals surface area contributed by atoms with E-state index in [0.29, 0.717) is 12.8 Å². The van der Waals surface area contributed by atoms with E-state index < -0.39 is 99.3 Å². The number of hydrogen-bond acceptors (Lipinski definition) is 15. The van der Waals surface area contributed by atoms with Crippen LogP contribution in [-0.4, -0.2) is 142 Å². The molecule has 0 aliphatic carbocycles. The van der Waals surface area contributed by atoms with Crippen molar-refractivity contribution in [3.63, 3.8) is 0 Å². The number of rotatable bonds is 37. The Labute approximate surface area is 405 Å². The molecule has 0 radical (unpaired) electrons. The molecule has 15 heteroatoms. The second kappa shape index (κ2) is 39.4. The van der Waals surface area contributed by atoms with Gasteiger partial charge in [-0.2, -0.15) is 0 Å². The first-order valence-corrected chi connectivity index (χ1v) is 25.2. The second-order valence-corrected chi connectivity index (χ2v) is 17.3. The van der Waals surface area contributed by atoms with E-state index in [4.69, 9.17) is 28.4 Å². The third-order valence-electron chi connectivity index (χ3n) is 11.3. The quantitative estimate of drug-likeness (QED) is 0.0193. The van der Waals surface area contributed by atoms with Gasteiger partial charge in [-0.3, -0.25) is 9.59 Å². The maximum atomic E-state index is 13.0. The molecule has 0 amide bonds. The molecule has 0 aromatic rings. The molecule has 388 valence electrons. The first-order valence-electron chi connectivity index (χ1n) is 25.2. The summed E-state index contributed by atoms with van der Waals surface area (Å²) in [5, 5.41) is 72.0. The van der Waals surface area contributed by atoms with Crippen molar-refractivity contribution in [3.8, 4) is 0 Å². The van der Waals surface area contributed by atoms with Gasteiger partial charge in [0, 0.05) is 12.8 Å². The Kier molecular flexibility index (Phi) is 35.2. The van der Waals surface area contributed by atoms with E-state index in [1.165, 1.54) is 25.7 Å².